The molecule has 0 aliphatic carbocycles. The van der Waals surface area contributed by atoms with Crippen LogP contribution in [0.4, 0.5) is 4.39 Å². The minimum Gasteiger partial charge on any atom is -0.338 e. The van der Waals surface area contributed by atoms with Crippen molar-refractivity contribution in [3.8, 4) is 0 Å². The molecule has 4 heteroatoms. The largest absolute Gasteiger partial charge is 0.338 e. The first-order valence-corrected chi connectivity index (χ1v) is 7.69. The van der Waals surface area contributed by atoms with E-state index >= 15 is 0 Å². The molecule has 114 valence electrons. The first-order valence-electron chi connectivity index (χ1n) is 6.90. The number of hydrogen-bond acceptors (Lipinski definition) is 1. The first kappa shape index (κ1) is 16.4. The first-order chi connectivity index (χ1) is 10.5. The third-order valence-electron chi connectivity index (χ3n) is 3.38. The Bertz CT molecular complexity index is 694. The number of amides is 1. The molecule has 0 aliphatic rings. The molecule has 2 nitrogen and oxygen atoms in total. The second kappa shape index (κ2) is 7.36. The topological polar surface area (TPSA) is 20.3 Å². The predicted octanol–water partition coefficient (Wildman–Crippen LogP) is 4.65. The van der Waals surface area contributed by atoms with E-state index < -0.39 is 0 Å². The van der Waals surface area contributed by atoms with Gasteiger partial charge in [0.15, 0.2) is 0 Å². The van der Waals surface area contributed by atoms with Crippen LogP contribution in [0.2, 0.25) is 0 Å². The van der Waals surface area contributed by atoms with Gasteiger partial charge in [0.05, 0.1) is 0 Å². The van der Waals surface area contributed by atoms with Crippen molar-refractivity contribution in [3.05, 3.63) is 76.0 Å². The van der Waals surface area contributed by atoms with Gasteiger partial charge in [-0.05, 0) is 41.8 Å². The Morgan fingerprint density at radius 3 is 2.45 bits per heavy atom. The Kier molecular flexibility index (Phi) is 5.50. The van der Waals surface area contributed by atoms with E-state index in [1.165, 1.54) is 12.1 Å². The maximum Gasteiger partial charge on any atom is 0.246 e. The maximum atomic E-state index is 12.9. The van der Waals surface area contributed by atoms with Crippen LogP contribution in [0.1, 0.15) is 18.1 Å². The van der Waals surface area contributed by atoms with Gasteiger partial charge >= 0.3 is 0 Å². The van der Waals surface area contributed by atoms with Crippen molar-refractivity contribution in [2.75, 3.05) is 7.05 Å². The fourth-order valence-electron chi connectivity index (χ4n) is 2.05. The third-order valence-corrected chi connectivity index (χ3v) is 4.15. The number of benzene rings is 2. The van der Waals surface area contributed by atoms with Gasteiger partial charge in [0, 0.05) is 24.1 Å². The quantitative estimate of drug-likeness (QED) is 0.725. The van der Waals surface area contributed by atoms with E-state index in [0.717, 1.165) is 21.2 Å². The number of hydrogen-bond donors (Lipinski definition) is 0. The molecule has 0 heterocycles. The zero-order valence-corrected chi connectivity index (χ0v) is 14.1. The lowest BCUT2D eigenvalue weighted by molar-refractivity contribution is -0.125. The van der Waals surface area contributed by atoms with Crippen molar-refractivity contribution in [2.45, 2.75) is 13.5 Å². The zero-order valence-electron chi connectivity index (χ0n) is 12.5. The summed E-state index contributed by atoms with van der Waals surface area (Å²) in [5, 5.41) is 0. The molecule has 2 aromatic carbocycles. The maximum absolute atomic E-state index is 12.9. The summed E-state index contributed by atoms with van der Waals surface area (Å²) in [5.41, 5.74) is 2.69. The summed E-state index contributed by atoms with van der Waals surface area (Å²) in [5.74, 6) is -0.369. The number of carbonyl (C=O) groups excluding carboxylic acids is 1. The number of nitrogens with zero attached hydrogens (tertiary/aromatic N) is 1. The molecular weight excluding hydrogens is 345 g/mol. The van der Waals surface area contributed by atoms with Crippen LogP contribution in [0, 0.1) is 5.82 Å². The van der Waals surface area contributed by atoms with Gasteiger partial charge in [-0.1, -0.05) is 46.3 Å². The number of allylic oxidation sites excluding steroid dienone is 1. The molecule has 0 bridgehead atoms. The van der Waals surface area contributed by atoms with Crippen molar-refractivity contribution >= 4 is 27.4 Å². The van der Waals surface area contributed by atoms with Crippen molar-refractivity contribution in [2.24, 2.45) is 0 Å². The van der Waals surface area contributed by atoms with Crippen LogP contribution in [-0.4, -0.2) is 17.9 Å². The van der Waals surface area contributed by atoms with Gasteiger partial charge in [-0.2, -0.15) is 0 Å². The molecule has 0 N–H and O–H groups in total. The highest BCUT2D eigenvalue weighted by atomic mass is 79.9. The normalized spacial score (nSPS) is 11.4. The second-order valence-corrected chi connectivity index (χ2v) is 5.97. The summed E-state index contributed by atoms with van der Waals surface area (Å²) in [6.07, 6.45) is 1.57. The SMILES string of the molecule is C/C(=C\C(=O)N(C)Cc1ccccc1Br)c1ccc(F)cc1. The zero-order chi connectivity index (χ0) is 16.1. The number of rotatable bonds is 4. The monoisotopic (exact) mass is 361 g/mol. The molecule has 0 aromatic heterocycles. The molecule has 22 heavy (non-hydrogen) atoms. The fourth-order valence-corrected chi connectivity index (χ4v) is 2.46. The highest BCUT2D eigenvalue weighted by molar-refractivity contribution is 9.10. The molecule has 0 radical (unpaired) electrons. The van der Waals surface area contributed by atoms with Crippen LogP contribution in [-0.2, 0) is 11.3 Å². The van der Waals surface area contributed by atoms with Crippen LogP contribution >= 0.6 is 15.9 Å². The van der Waals surface area contributed by atoms with Crippen molar-refractivity contribution in [1.29, 1.82) is 0 Å². The third kappa shape index (κ3) is 4.28. The predicted molar refractivity (Wildman–Crippen MR) is 90.7 cm³/mol. The Hall–Kier alpha value is -1.94. The van der Waals surface area contributed by atoms with E-state index in [1.54, 1.807) is 30.2 Å². The van der Waals surface area contributed by atoms with Gasteiger partial charge in [-0.3, -0.25) is 4.79 Å². The van der Waals surface area contributed by atoms with E-state index in [0.29, 0.717) is 6.54 Å². The number of carbonyl (C=O) groups is 1. The number of likely N-dealkylation sites (N-methyl/N-ethyl adjacent to an activating group) is 1. The van der Waals surface area contributed by atoms with Gasteiger partial charge in [0.1, 0.15) is 5.82 Å². The molecule has 0 aliphatic heterocycles. The molecule has 2 rings (SSSR count). The van der Waals surface area contributed by atoms with E-state index in [4.69, 9.17) is 0 Å². The van der Waals surface area contributed by atoms with Gasteiger partial charge in [-0.25, -0.2) is 4.39 Å². The van der Waals surface area contributed by atoms with E-state index in [2.05, 4.69) is 15.9 Å². The van der Waals surface area contributed by atoms with Gasteiger partial charge in [0.2, 0.25) is 5.91 Å². The fraction of sp³-hybridized carbons (Fsp3) is 0.167. The average molecular weight is 362 g/mol. The van der Waals surface area contributed by atoms with Gasteiger partial charge in [0.25, 0.3) is 0 Å². The summed E-state index contributed by atoms with van der Waals surface area (Å²) in [7, 11) is 1.76. The van der Waals surface area contributed by atoms with E-state index in [9.17, 15) is 9.18 Å². The molecule has 1 amide bonds. The molecule has 0 saturated heterocycles. The Labute approximate surface area is 138 Å². The molecule has 2 aromatic rings. The summed E-state index contributed by atoms with van der Waals surface area (Å²) in [4.78, 5) is 13.9. The summed E-state index contributed by atoms with van der Waals surface area (Å²) >= 11 is 3.48. The lowest BCUT2D eigenvalue weighted by atomic mass is 10.1. The lowest BCUT2D eigenvalue weighted by Gasteiger charge is -2.17. The Morgan fingerprint density at radius 2 is 1.82 bits per heavy atom. The molecule has 0 saturated carbocycles. The minimum absolute atomic E-state index is 0.0856. The highest BCUT2D eigenvalue weighted by Crippen LogP contribution is 2.18. The van der Waals surface area contributed by atoms with Crippen LogP contribution in [0.25, 0.3) is 5.57 Å². The Balaban J connectivity index is 2.09. The summed E-state index contributed by atoms with van der Waals surface area (Å²) in [6.45, 7) is 2.37. The smallest absolute Gasteiger partial charge is 0.246 e. The molecule has 0 fully saturated rings. The van der Waals surface area contributed by atoms with Crippen LogP contribution in [0.5, 0.6) is 0 Å². The number of halogens is 2. The van der Waals surface area contributed by atoms with Crippen molar-refractivity contribution in [3.63, 3.8) is 0 Å². The molecule has 0 unspecified atom stereocenters. The van der Waals surface area contributed by atoms with Crippen LogP contribution < -0.4 is 0 Å². The minimum atomic E-state index is -0.283. The highest BCUT2D eigenvalue weighted by Gasteiger charge is 2.09. The van der Waals surface area contributed by atoms with Crippen molar-refractivity contribution < 1.29 is 9.18 Å². The van der Waals surface area contributed by atoms with Crippen molar-refractivity contribution in [1.82, 2.24) is 4.90 Å². The summed E-state index contributed by atoms with van der Waals surface area (Å²) in [6, 6.07) is 13.9. The van der Waals surface area contributed by atoms with Gasteiger partial charge in [-0.15, -0.1) is 0 Å². The second-order valence-electron chi connectivity index (χ2n) is 5.12. The Morgan fingerprint density at radius 1 is 1.18 bits per heavy atom. The molecular formula is C18H17BrFNO. The average Bonchev–Trinajstić information content (AvgIpc) is 2.50. The molecule has 0 spiro atoms. The van der Waals surface area contributed by atoms with E-state index in [-0.39, 0.29) is 11.7 Å². The molecule has 0 atom stereocenters. The van der Waals surface area contributed by atoms with Crippen LogP contribution in [0.15, 0.2) is 59.1 Å². The lowest BCUT2D eigenvalue weighted by Crippen LogP contribution is -2.24. The standard InChI is InChI=1S/C18H17BrFNO/c1-13(14-7-9-16(20)10-8-14)11-18(22)21(2)12-15-5-3-4-6-17(15)19/h3-11H,12H2,1-2H3/b13-11+. The van der Waals surface area contributed by atoms with Gasteiger partial charge < -0.3 is 4.90 Å². The van der Waals surface area contributed by atoms with E-state index in [1.807, 2.05) is 31.2 Å². The summed E-state index contributed by atoms with van der Waals surface area (Å²) < 4.78 is 13.9. The van der Waals surface area contributed by atoms with Crippen LogP contribution in [0.3, 0.4) is 0 Å².